The molecule has 14 rings (SSSR count). The van der Waals surface area contributed by atoms with E-state index in [1.807, 2.05) is 0 Å². The summed E-state index contributed by atoms with van der Waals surface area (Å²) in [6.07, 6.45) is 0. The molecule has 4 aliphatic rings. The predicted octanol–water partition coefficient (Wildman–Crippen LogP) is 15.5. The Morgan fingerprint density at radius 2 is 0.587 bits per heavy atom. The second-order valence-electron chi connectivity index (χ2n) is 17.5. The molecule has 10 aromatic rings. The van der Waals surface area contributed by atoms with Gasteiger partial charge in [-0.15, -0.1) is 0 Å². The minimum atomic E-state index is -0.446. The zero-order valence-electron chi connectivity index (χ0n) is 34.5. The van der Waals surface area contributed by atoms with E-state index in [2.05, 4.69) is 241 Å². The molecule has 0 radical (unpaired) electrons. The van der Waals surface area contributed by atoms with Crippen molar-refractivity contribution in [1.29, 1.82) is 0 Å². The minimum absolute atomic E-state index is 0.446. The van der Waals surface area contributed by atoms with Gasteiger partial charge in [0.15, 0.2) is 0 Å². The van der Waals surface area contributed by atoms with Crippen LogP contribution in [-0.2, 0) is 10.8 Å². The van der Waals surface area contributed by atoms with Crippen LogP contribution >= 0.6 is 0 Å². The highest BCUT2D eigenvalue weighted by molar-refractivity contribution is 6.02. The zero-order valence-corrected chi connectivity index (χ0v) is 34.5. The molecule has 4 aliphatic carbocycles. The third-order valence-corrected chi connectivity index (χ3v) is 14.7. The maximum Gasteiger partial charge on any atom is 0.0726 e. The van der Waals surface area contributed by atoms with Crippen LogP contribution in [0.3, 0.4) is 0 Å². The van der Waals surface area contributed by atoms with Crippen LogP contribution in [0.4, 0.5) is 17.1 Å². The minimum Gasteiger partial charge on any atom is -0.310 e. The summed E-state index contributed by atoms with van der Waals surface area (Å²) in [5, 5.41) is 0. The van der Waals surface area contributed by atoms with Crippen LogP contribution < -0.4 is 4.90 Å². The highest BCUT2D eigenvalue weighted by atomic mass is 15.1. The second kappa shape index (κ2) is 12.8. The molecule has 0 heterocycles. The van der Waals surface area contributed by atoms with Gasteiger partial charge >= 0.3 is 0 Å². The number of rotatable bonds is 6. The van der Waals surface area contributed by atoms with Crippen LogP contribution in [0.2, 0.25) is 0 Å². The Bertz CT molecular complexity index is 3300. The third kappa shape index (κ3) is 4.41. The van der Waals surface area contributed by atoms with E-state index in [1.165, 1.54) is 100 Å². The first-order chi connectivity index (χ1) is 31.3. The van der Waals surface area contributed by atoms with Gasteiger partial charge in [0.05, 0.1) is 10.8 Å². The molecule has 0 spiro atoms. The van der Waals surface area contributed by atoms with E-state index in [0.29, 0.717) is 0 Å². The van der Waals surface area contributed by atoms with E-state index in [4.69, 9.17) is 0 Å². The average molecular weight is 798 g/mol. The number of anilines is 3. The molecule has 1 heteroatoms. The van der Waals surface area contributed by atoms with Crippen molar-refractivity contribution in [2.24, 2.45) is 0 Å². The van der Waals surface area contributed by atoms with E-state index in [-0.39, 0.29) is 0 Å². The summed E-state index contributed by atoms with van der Waals surface area (Å²) >= 11 is 0. The first-order valence-corrected chi connectivity index (χ1v) is 22.1. The van der Waals surface area contributed by atoms with E-state index < -0.39 is 10.8 Å². The largest absolute Gasteiger partial charge is 0.310 e. The topological polar surface area (TPSA) is 3.24 Å². The smallest absolute Gasteiger partial charge is 0.0726 e. The maximum absolute atomic E-state index is 2.51. The molecule has 0 saturated heterocycles. The normalized spacial score (nSPS) is 17.3. The van der Waals surface area contributed by atoms with Crippen LogP contribution in [0.5, 0.6) is 0 Å². The van der Waals surface area contributed by atoms with Crippen molar-refractivity contribution < 1.29 is 0 Å². The van der Waals surface area contributed by atoms with Gasteiger partial charge in [0, 0.05) is 17.1 Å². The van der Waals surface area contributed by atoms with Crippen molar-refractivity contribution in [2.45, 2.75) is 10.8 Å². The van der Waals surface area contributed by atoms with Crippen molar-refractivity contribution in [3.05, 3.63) is 281 Å². The lowest BCUT2D eigenvalue weighted by Gasteiger charge is -2.34. The Kier molecular flexibility index (Phi) is 7.03. The molecule has 0 saturated carbocycles. The van der Waals surface area contributed by atoms with Gasteiger partial charge in [0.1, 0.15) is 0 Å². The van der Waals surface area contributed by atoms with Gasteiger partial charge in [-0.2, -0.15) is 0 Å². The van der Waals surface area contributed by atoms with Gasteiger partial charge < -0.3 is 4.90 Å². The van der Waals surface area contributed by atoms with Crippen LogP contribution in [0.1, 0.15) is 44.5 Å². The van der Waals surface area contributed by atoms with E-state index in [1.54, 1.807) is 0 Å². The van der Waals surface area contributed by atoms with E-state index in [9.17, 15) is 0 Å². The molecule has 0 N–H and O–H groups in total. The molecule has 0 aromatic heterocycles. The Morgan fingerprint density at radius 1 is 0.238 bits per heavy atom. The summed E-state index contributed by atoms with van der Waals surface area (Å²) in [5.41, 5.74) is 26.2. The SMILES string of the molecule is c1ccc(-c2ccc(N(c3ccc4c(c3)C3(c5ccccc5)c5ccccc5-c5cccc-4c53)c3ccc4c(c3)C3(c5ccccc5)c5ccccc5-c5cccc-4c53)cc2)cc1. The number of hydrogen-bond donors (Lipinski definition) is 0. The number of hydrogen-bond acceptors (Lipinski definition) is 1. The summed E-state index contributed by atoms with van der Waals surface area (Å²) in [7, 11) is 0. The standard InChI is InChI=1S/C62H39N/c1-4-16-40(17-5-1)41-30-32-44(33-31-41)63(45-34-36-49-53-26-14-24-51-47-22-10-12-28-55(47)61(59(51)53,57(49)38-45)42-18-6-2-7-19-42)46-35-37-50-54-27-15-25-52-48-23-11-13-29-56(48)62(60(52)54,58(50)39-46)43-20-8-3-9-21-43/h1-39H. The quantitative estimate of drug-likeness (QED) is 0.162. The molecule has 2 atom stereocenters. The summed E-state index contributed by atoms with van der Waals surface area (Å²) in [6, 6.07) is 88.8. The van der Waals surface area contributed by atoms with Crippen molar-refractivity contribution >= 4 is 17.1 Å². The Balaban J connectivity index is 1.03. The molecule has 10 aromatic carbocycles. The summed E-state index contributed by atoms with van der Waals surface area (Å²) in [6.45, 7) is 0. The fourth-order valence-electron chi connectivity index (χ4n) is 12.3. The third-order valence-electron chi connectivity index (χ3n) is 14.7. The molecule has 292 valence electrons. The Labute approximate surface area is 367 Å². The molecular formula is C62H39N. The summed E-state index contributed by atoms with van der Waals surface area (Å²) in [4.78, 5) is 2.50. The van der Waals surface area contributed by atoms with Crippen molar-refractivity contribution in [2.75, 3.05) is 4.90 Å². The van der Waals surface area contributed by atoms with Gasteiger partial charge in [-0.1, -0.05) is 200 Å². The summed E-state index contributed by atoms with van der Waals surface area (Å²) < 4.78 is 0. The Morgan fingerprint density at radius 3 is 1.05 bits per heavy atom. The summed E-state index contributed by atoms with van der Waals surface area (Å²) in [5.74, 6) is 0. The predicted molar refractivity (Wildman–Crippen MR) is 259 cm³/mol. The maximum atomic E-state index is 2.51. The number of benzene rings is 10. The van der Waals surface area contributed by atoms with Gasteiger partial charge in [0.2, 0.25) is 0 Å². The molecule has 1 nitrogen and oxygen atoms in total. The zero-order chi connectivity index (χ0) is 41.3. The first kappa shape index (κ1) is 34.7. The van der Waals surface area contributed by atoms with Gasteiger partial charge in [-0.25, -0.2) is 0 Å². The molecule has 0 bridgehead atoms. The number of fused-ring (bicyclic) bond motifs is 12. The highest BCUT2D eigenvalue weighted by Gasteiger charge is 2.54. The lowest BCUT2D eigenvalue weighted by atomic mass is 9.70. The lowest BCUT2D eigenvalue weighted by Crippen LogP contribution is -2.27. The van der Waals surface area contributed by atoms with Gasteiger partial charge in [-0.05, 0) is 137 Å². The van der Waals surface area contributed by atoms with Crippen LogP contribution in [0.15, 0.2) is 237 Å². The van der Waals surface area contributed by atoms with Crippen molar-refractivity contribution in [1.82, 2.24) is 0 Å². The molecule has 0 fully saturated rings. The molecular weight excluding hydrogens is 759 g/mol. The Hall–Kier alpha value is -8.00. The fourth-order valence-corrected chi connectivity index (χ4v) is 12.3. The van der Waals surface area contributed by atoms with Crippen LogP contribution in [0, 0.1) is 0 Å². The first-order valence-electron chi connectivity index (χ1n) is 22.1. The van der Waals surface area contributed by atoms with E-state index in [0.717, 1.165) is 17.1 Å². The molecule has 63 heavy (non-hydrogen) atoms. The lowest BCUT2D eigenvalue weighted by molar-refractivity contribution is 0.791. The number of nitrogens with zero attached hydrogens (tertiary/aromatic N) is 1. The van der Waals surface area contributed by atoms with Crippen molar-refractivity contribution in [3.63, 3.8) is 0 Å². The van der Waals surface area contributed by atoms with Gasteiger partial charge in [0.25, 0.3) is 0 Å². The highest BCUT2D eigenvalue weighted by Crippen LogP contribution is 2.66. The van der Waals surface area contributed by atoms with Crippen LogP contribution in [0.25, 0.3) is 55.6 Å². The van der Waals surface area contributed by atoms with Crippen LogP contribution in [-0.4, -0.2) is 0 Å². The molecule has 0 amide bonds. The second-order valence-corrected chi connectivity index (χ2v) is 17.5. The average Bonchev–Trinajstić information content (AvgIpc) is 4.05. The molecule has 0 aliphatic heterocycles. The molecule has 2 unspecified atom stereocenters. The monoisotopic (exact) mass is 797 g/mol. The van der Waals surface area contributed by atoms with E-state index >= 15 is 0 Å². The van der Waals surface area contributed by atoms with Crippen molar-refractivity contribution in [3.8, 4) is 55.6 Å². The van der Waals surface area contributed by atoms with Gasteiger partial charge in [-0.3, -0.25) is 0 Å². The fraction of sp³-hybridized carbons (Fsp3) is 0.0323.